The molecule has 40 heavy (non-hydrogen) atoms. The SMILES string of the molecule is COCCN(C[C@@H]1C[C@H]1C)c1cc(-c2nnc([C@@](C)(Cc3ccccc3)NC(=O)O)o2)cc(N(C)S(C)(=O)=O)n1. The number of rotatable bonds is 13. The Bertz CT molecular complexity index is 1430. The third kappa shape index (κ3) is 7.07. The first-order valence-corrected chi connectivity index (χ1v) is 14.8. The number of carboxylic acid groups (broad SMARTS) is 1. The molecule has 0 radical (unpaired) electrons. The molecule has 1 aliphatic rings. The minimum atomic E-state index is -3.61. The number of hydrogen-bond acceptors (Lipinski definition) is 9. The lowest BCUT2D eigenvalue weighted by atomic mass is 9.93. The summed E-state index contributed by atoms with van der Waals surface area (Å²) in [5.41, 5.74) is 0.121. The predicted molar refractivity (Wildman–Crippen MR) is 151 cm³/mol. The molecule has 0 aliphatic heterocycles. The number of sulfonamides is 1. The molecule has 1 aliphatic carbocycles. The van der Waals surface area contributed by atoms with Crippen LogP contribution in [-0.2, 0) is 26.7 Å². The minimum Gasteiger partial charge on any atom is -0.465 e. The van der Waals surface area contributed by atoms with Gasteiger partial charge in [0.05, 0.1) is 12.9 Å². The van der Waals surface area contributed by atoms with Crippen LogP contribution in [0.2, 0.25) is 0 Å². The zero-order valence-corrected chi connectivity index (χ0v) is 24.2. The van der Waals surface area contributed by atoms with E-state index in [-0.39, 0.29) is 24.0 Å². The van der Waals surface area contributed by atoms with Gasteiger partial charge in [0, 0.05) is 39.2 Å². The Morgan fingerprint density at radius 3 is 2.50 bits per heavy atom. The maximum Gasteiger partial charge on any atom is 0.405 e. The molecule has 13 heteroatoms. The highest BCUT2D eigenvalue weighted by atomic mass is 32.2. The predicted octanol–water partition coefficient (Wildman–Crippen LogP) is 3.36. The molecule has 2 heterocycles. The average molecular weight is 573 g/mol. The van der Waals surface area contributed by atoms with Crippen LogP contribution in [-0.4, -0.2) is 74.9 Å². The van der Waals surface area contributed by atoms with Crippen LogP contribution in [0.3, 0.4) is 0 Å². The third-order valence-electron chi connectivity index (χ3n) is 7.17. The van der Waals surface area contributed by atoms with Crippen molar-refractivity contribution in [3.05, 3.63) is 53.9 Å². The lowest BCUT2D eigenvalue weighted by molar-refractivity contribution is 0.172. The lowest BCUT2D eigenvalue weighted by Gasteiger charge is -2.26. The first-order valence-electron chi connectivity index (χ1n) is 13.0. The van der Waals surface area contributed by atoms with E-state index in [1.807, 2.05) is 30.3 Å². The molecule has 12 nitrogen and oxygen atoms in total. The van der Waals surface area contributed by atoms with Crippen LogP contribution in [0.5, 0.6) is 0 Å². The largest absolute Gasteiger partial charge is 0.465 e. The lowest BCUT2D eigenvalue weighted by Crippen LogP contribution is -2.44. The number of pyridine rings is 1. The molecule has 1 saturated carbocycles. The molecule has 2 aromatic heterocycles. The van der Waals surface area contributed by atoms with Crippen LogP contribution < -0.4 is 14.5 Å². The molecular formula is C27H36N6O6S. The van der Waals surface area contributed by atoms with Gasteiger partial charge in [0.25, 0.3) is 0 Å². The monoisotopic (exact) mass is 572 g/mol. The number of nitrogens with one attached hydrogen (secondary N) is 1. The van der Waals surface area contributed by atoms with Crippen molar-refractivity contribution < 1.29 is 27.5 Å². The van der Waals surface area contributed by atoms with Gasteiger partial charge in [-0.15, -0.1) is 10.2 Å². The van der Waals surface area contributed by atoms with Crippen LogP contribution in [0, 0.1) is 11.8 Å². The maximum absolute atomic E-state index is 12.4. The number of methoxy groups -OCH3 is 1. The first-order chi connectivity index (χ1) is 18.9. The fraction of sp³-hybridized carbons (Fsp3) is 0.481. The summed E-state index contributed by atoms with van der Waals surface area (Å²) in [6, 6.07) is 12.7. The Morgan fingerprint density at radius 1 is 1.23 bits per heavy atom. The molecule has 1 fully saturated rings. The molecule has 0 unspecified atom stereocenters. The summed E-state index contributed by atoms with van der Waals surface area (Å²) in [6.07, 6.45) is 1.26. The third-order valence-corrected chi connectivity index (χ3v) is 8.35. The molecule has 1 aromatic carbocycles. The summed E-state index contributed by atoms with van der Waals surface area (Å²) >= 11 is 0. The van der Waals surface area contributed by atoms with Crippen molar-refractivity contribution in [2.24, 2.45) is 11.8 Å². The number of anilines is 2. The van der Waals surface area contributed by atoms with E-state index in [4.69, 9.17) is 9.15 Å². The second-order valence-corrected chi connectivity index (χ2v) is 12.6. The van der Waals surface area contributed by atoms with Crippen molar-refractivity contribution in [2.75, 3.05) is 49.3 Å². The summed E-state index contributed by atoms with van der Waals surface area (Å²) in [4.78, 5) is 18.4. The maximum atomic E-state index is 12.4. The highest BCUT2D eigenvalue weighted by Crippen LogP contribution is 2.39. The van der Waals surface area contributed by atoms with Crippen LogP contribution in [0.1, 0.15) is 31.7 Å². The molecule has 3 aromatic rings. The van der Waals surface area contributed by atoms with Gasteiger partial charge in [0.1, 0.15) is 17.2 Å². The van der Waals surface area contributed by atoms with Crippen LogP contribution >= 0.6 is 0 Å². The van der Waals surface area contributed by atoms with Gasteiger partial charge in [0.2, 0.25) is 21.8 Å². The van der Waals surface area contributed by atoms with E-state index in [1.54, 1.807) is 26.2 Å². The summed E-state index contributed by atoms with van der Waals surface area (Å²) < 4.78 is 37.3. The van der Waals surface area contributed by atoms with Crippen molar-refractivity contribution in [3.8, 4) is 11.5 Å². The molecular weight excluding hydrogens is 536 g/mol. The van der Waals surface area contributed by atoms with Crippen molar-refractivity contribution in [3.63, 3.8) is 0 Å². The molecule has 0 bridgehead atoms. The van der Waals surface area contributed by atoms with Gasteiger partial charge < -0.3 is 24.5 Å². The summed E-state index contributed by atoms with van der Waals surface area (Å²) in [6.45, 7) is 5.65. The van der Waals surface area contributed by atoms with Gasteiger partial charge in [-0.1, -0.05) is 37.3 Å². The van der Waals surface area contributed by atoms with Gasteiger partial charge in [-0.2, -0.15) is 0 Å². The van der Waals surface area contributed by atoms with Crippen molar-refractivity contribution >= 4 is 27.8 Å². The molecule has 3 atom stereocenters. The zero-order valence-electron chi connectivity index (χ0n) is 23.4. The normalized spacial score (nSPS) is 18.1. The first kappa shape index (κ1) is 29.3. The van der Waals surface area contributed by atoms with Gasteiger partial charge in [0.15, 0.2) is 0 Å². The molecule has 0 spiro atoms. The van der Waals surface area contributed by atoms with Crippen molar-refractivity contribution in [2.45, 2.75) is 32.2 Å². The Labute approximate surface area is 234 Å². The second kappa shape index (κ2) is 11.8. The number of nitrogens with zero attached hydrogens (tertiary/aromatic N) is 5. The highest BCUT2D eigenvalue weighted by molar-refractivity contribution is 7.92. The summed E-state index contributed by atoms with van der Waals surface area (Å²) in [5, 5.41) is 20.5. The smallest absolute Gasteiger partial charge is 0.405 e. The molecule has 4 rings (SSSR count). The fourth-order valence-electron chi connectivity index (χ4n) is 4.53. The second-order valence-electron chi connectivity index (χ2n) is 10.6. The molecule has 1 amide bonds. The van der Waals surface area contributed by atoms with E-state index in [2.05, 4.69) is 32.3 Å². The fourth-order valence-corrected chi connectivity index (χ4v) is 4.97. The quantitative estimate of drug-likeness (QED) is 0.312. The Kier molecular flexibility index (Phi) is 8.64. The van der Waals surface area contributed by atoms with E-state index < -0.39 is 21.7 Å². The highest BCUT2D eigenvalue weighted by Gasteiger charge is 2.36. The van der Waals surface area contributed by atoms with E-state index in [1.165, 1.54) is 7.05 Å². The topological polar surface area (TPSA) is 151 Å². The van der Waals surface area contributed by atoms with Crippen LogP contribution in [0.25, 0.3) is 11.5 Å². The summed E-state index contributed by atoms with van der Waals surface area (Å²) in [7, 11) is -0.556. The number of aromatic nitrogens is 3. The van der Waals surface area contributed by atoms with Crippen molar-refractivity contribution in [1.29, 1.82) is 0 Å². The van der Waals surface area contributed by atoms with Gasteiger partial charge >= 0.3 is 6.09 Å². The summed E-state index contributed by atoms with van der Waals surface area (Å²) in [5.74, 6) is 2.04. The van der Waals surface area contributed by atoms with Gasteiger partial charge in [-0.05, 0) is 42.9 Å². The van der Waals surface area contributed by atoms with E-state index in [0.29, 0.717) is 36.4 Å². The van der Waals surface area contributed by atoms with E-state index in [0.717, 1.165) is 29.1 Å². The Morgan fingerprint density at radius 2 is 1.90 bits per heavy atom. The number of amides is 1. The van der Waals surface area contributed by atoms with Gasteiger partial charge in [-0.3, -0.25) is 4.31 Å². The van der Waals surface area contributed by atoms with Crippen molar-refractivity contribution in [1.82, 2.24) is 20.5 Å². The Balaban J connectivity index is 1.76. The van der Waals surface area contributed by atoms with Crippen LogP contribution in [0.4, 0.5) is 16.4 Å². The molecule has 2 N–H and O–H groups in total. The number of hydrogen-bond donors (Lipinski definition) is 2. The van der Waals surface area contributed by atoms with E-state index in [9.17, 15) is 18.3 Å². The van der Waals surface area contributed by atoms with Gasteiger partial charge in [-0.25, -0.2) is 18.2 Å². The Hall–Kier alpha value is -3.71. The van der Waals surface area contributed by atoms with Crippen LogP contribution in [0.15, 0.2) is 46.9 Å². The molecule has 0 saturated heterocycles. The standard InChI is InChI=1S/C27H36N6O6S/c1-18-13-21(18)17-33(11-12-38-4)23-15-20(14-22(28-23)32(3)40(5,36)37)24-30-31-25(39-24)27(2,29-26(34)35)16-19-9-7-6-8-10-19/h6-10,14-15,18,21,29H,11-13,16-17H2,1-5H3,(H,34,35)/t18-,21+,27-/m1/s1. The van der Waals surface area contributed by atoms with E-state index >= 15 is 0 Å². The average Bonchev–Trinajstić information content (AvgIpc) is 3.35. The number of carbonyl (C=O) groups is 1. The zero-order chi connectivity index (χ0) is 29.1. The minimum absolute atomic E-state index is 0.0770. The number of ether oxygens (including phenoxy) is 1. The molecule has 216 valence electrons. The number of benzene rings is 1.